The third-order valence-electron chi connectivity index (χ3n) is 2.65. The molecule has 1 saturated heterocycles. The average molecular weight is 211 g/mol. The molecule has 15 heavy (non-hydrogen) atoms. The minimum absolute atomic E-state index is 0.184. The summed E-state index contributed by atoms with van der Waals surface area (Å²) in [6, 6.07) is 0. The second kappa shape index (κ2) is 6.62. The summed E-state index contributed by atoms with van der Waals surface area (Å²) in [5.74, 6) is -0.184. The molecule has 0 aromatic carbocycles. The van der Waals surface area contributed by atoms with Crippen LogP contribution in [0.3, 0.4) is 0 Å². The van der Waals surface area contributed by atoms with Crippen LogP contribution in [0.5, 0.6) is 0 Å². The number of hydrogen-bond donors (Lipinski definition) is 0. The number of piperidine rings is 1. The van der Waals surface area contributed by atoms with Gasteiger partial charge in [0.2, 0.25) is 0 Å². The van der Waals surface area contributed by atoms with Crippen molar-refractivity contribution in [1.29, 1.82) is 0 Å². The predicted octanol–water partition coefficient (Wildman–Crippen LogP) is 1.98. The lowest BCUT2D eigenvalue weighted by Gasteiger charge is -2.27. The lowest BCUT2D eigenvalue weighted by Crippen LogP contribution is -2.31. The fourth-order valence-corrected chi connectivity index (χ4v) is 1.88. The molecule has 1 heterocycles. The monoisotopic (exact) mass is 211 g/mol. The van der Waals surface area contributed by atoms with Crippen LogP contribution in [0.15, 0.2) is 11.6 Å². The molecule has 0 radical (unpaired) electrons. The van der Waals surface area contributed by atoms with E-state index in [1.54, 1.807) is 6.08 Å². The molecule has 0 amide bonds. The van der Waals surface area contributed by atoms with Crippen LogP contribution in [0.25, 0.3) is 0 Å². The molecule has 0 aromatic heterocycles. The molecule has 0 aromatic rings. The molecule has 0 saturated carbocycles. The molecule has 0 aliphatic carbocycles. The SMILES string of the molecule is CCCN1CCC(=CC(=O)OCC)CC1. The van der Waals surface area contributed by atoms with Crippen molar-refractivity contribution in [2.45, 2.75) is 33.1 Å². The number of rotatable bonds is 4. The van der Waals surface area contributed by atoms with E-state index in [-0.39, 0.29) is 5.97 Å². The minimum Gasteiger partial charge on any atom is -0.463 e. The number of ether oxygens (including phenoxy) is 1. The number of carbonyl (C=O) groups is 1. The maximum Gasteiger partial charge on any atom is 0.330 e. The largest absolute Gasteiger partial charge is 0.463 e. The van der Waals surface area contributed by atoms with Crippen LogP contribution in [-0.4, -0.2) is 37.1 Å². The molecule has 0 bridgehead atoms. The molecule has 1 fully saturated rings. The van der Waals surface area contributed by atoms with Crippen LogP contribution < -0.4 is 0 Å². The first-order valence-corrected chi connectivity index (χ1v) is 5.84. The highest BCUT2D eigenvalue weighted by atomic mass is 16.5. The highest BCUT2D eigenvalue weighted by Gasteiger charge is 2.13. The summed E-state index contributed by atoms with van der Waals surface area (Å²) in [5.41, 5.74) is 1.24. The van der Waals surface area contributed by atoms with Crippen LogP contribution in [0, 0.1) is 0 Å². The van der Waals surface area contributed by atoms with Gasteiger partial charge in [-0.1, -0.05) is 12.5 Å². The van der Waals surface area contributed by atoms with E-state index in [4.69, 9.17) is 4.74 Å². The Morgan fingerprint density at radius 3 is 2.60 bits per heavy atom. The van der Waals surface area contributed by atoms with Crippen molar-refractivity contribution in [2.75, 3.05) is 26.2 Å². The first-order chi connectivity index (χ1) is 7.26. The first kappa shape index (κ1) is 12.2. The van der Waals surface area contributed by atoms with Crippen LogP contribution in [-0.2, 0) is 9.53 Å². The van der Waals surface area contributed by atoms with Gasteiger partial charge in [0.15, 0.2) is 0 Å². The van der Waals surface area contributed by atoms with Gasteiger partial charge in [-0.3, -0.25) is 0 Å². The van der Waals surface area contributed by atoms with Crippen LogP contribution in [0.1, 0.15) is 33.1 Å². The number of carbonyl (C=O) groups excluding carboxylic acids is 1. The fourth-order valence-electron chi connectivity index (χ4n) is 1.88. The maximum absolute atomic E-state index is 11.2. The van der Waals surface area contributed by atoms with E-state index < -0.39 is 0 Å². The van der Waals surface area contributed by atoms with E-state index in [1.807, 2.05) is 6.92 Å². The molecule has 3 heteroatoms. The van der Waals surface area contributed by atoms with E-state index >= 15 is 0 Å². The standard InChI is InChI=1S/C12H21NO2/c1-3-7-13-8-5-11(6-9-13)10-12(14)15-4-2/h10H,3-9H2,1-2H3. The van der Waals surface area contributed by atoms with Crippen molar-refractivity contribution in [3.05, 3.63) is 11.6 Å². The van der Waals surface area contributed by atoms with Crippen molar-refractivity contribution in [3.63, 3.8) is 0 Å². The lowest BCUT2D eigenvalue weighted by molar-refractivity contribution is -0.137. The lowest BCUT2D eigenvalue weighted by atomic mass is 10.0. The molecule has 86 valence electrons. The van der Waals surface area contributed by atoms with Gasteiger partial charge in [0.1, 0.15) is 0 Å². The molecular weight excluding hydrogens is 190 g/mol. The molecule has 0 spiro atoms. The summed E-state index contributed by atoms with van der Waals surface area (Å²) < 4.78 is 4.89. The van der Waals surface area contributed by atoms with Gasteiger partial charge in [-0.15, -0.1) is 0 Å². The summed E-state index contributed by atoms with van der Waals surface area (Å²) in [6.45, 7) is 7.83. The molecule has 0 atom stereocenters. The molecule has 0 N–H and O–H groups in total. The highest BCUT2D eigenvalue weighted by molar-refractivity contribution is 5.82. The van der Waals surface area contributed by atoms with Gasteiger partial charge < -0.3 is 9.64 Å². The Morgan fingerprint density at radius 2 is 2.07 bits per heavy atom. The Bertz CT molecular complexity index is 226. The Balaban J connectivity index is 2.33. The van der Waals surface area contributed by atoms with Gasteiger partial charge in [0.05, 0.1) is 6.61 Å². The molecule has 1 rings (SSSR count). The maximum atomic E-state index is 11.2. The second-order valence-corrected chi connectivity index (χ2v) is 3.90. The van der Waals surface area contributed by atoms with Gasteiger partial charge in [-0.2, -0.15) is 0 Å². The summed E-state index contributed by atoms with van der Waals surface area (Å²) >= 11 is 0. The van der Waals surface area contributed by atoms with E-state index in [1.165, 1.54) is 18.5 Å². The minimum atomic E-state index is -0.184. The molecule has 3 nitrogen and oxygen atoms in total. The third kappa shape index (κ3) is 4.47. The van der Waals surface area contributed by atoms with E-state index in [0.717, 1.165) is 25.9 Å². The summed E-state index contributed by atoms with van der Waals surface area (Å²) in [4.78, 5) is 13.7. The van der Waals surface area contributed by atoms with Crippen LogP contribution in [0.2, 0.25) is 0 Å². The molecule has 1 aliphatic heterocycles. The summed E-state index contributed by atoms with van der Waals surface area (Å²) in [7, 11) is 0. The first-order valence-electron chi connectivity index (χ1n) is 5.84. The van der Waals surface area contributed by atoms with E-state index in [0.29, 0.717) is 6.61 Å². The van der Waals surface area contributed by atoms with E-state index in [9.17, 15) is 4.79 Å². The smallest absolute Gasteiger partial charge is 0.330 e. The van der Waals surface area contributed by atoms with E-state index in [2.05, 4.69) is 11.8 Å². The zero-order valence-electron chi connectivity index (χ0n) is 9.79. The topological polar surface area (TPSA) is 29.5 Å². The number of hydrogen-bond acceptors (Lipinski definition) is 3. The second-order valence-electron chi connectivity index (χ2n) is 3.90. The normalized spacial score (nSPS) is 17.6. The van der Waals surface area contributed by atoms with Crippen LogP contribution in [0.4, 0.5) is 0 Å². The van der Waals surface area contributed by atoms with Gasteiger partial charge >= 0.3 is 5.97 Å². The third-order valence-corrected chi connectivity index (χ3v) is 2.65. The van der Waals surface area contributed by atoms with Gasteiger partial charge in [-0.05, 0) is 32.7 Å². The van der Waals surface area contributed by atoms with Crippen molar-refractivity contribution in [3.8, 4) is 0 Å². The quantitative estimate of drug-likeness (QED) is 0.526. The van der Waals surface area contributed by atoms with Gasteiger partial charge in [0.25, 0.3) is 0 Å². The Hall–Kier alpha value is -0.830. The fraction of sp³-hybridized carbons (Fsp3) is 0.750. The van der Waals surface area contributed by atoms with Crippen LogP contribution >= 0.6 is 0 Å². The average Bonchev–Trinajstić information content (AvgIpc) is 2.22. The van der Waals surface area contributed by atoms with Crippen molar-refractivity contribution in [2.24, 2.45) is 0 Å². The van der Waals surface area contributed by atoms with Gasteiger partial charge in [0, 0.05) is 19.2 Å². The Morgan fingerprint density at radius 1 is 1.40 bits per heavy atom. The Kier molecular flexibility index (Phi) is 5.40. The predicted molar refractivity (Wildman–Crippen MR) is 60.7 cm³/mol. The number of likely N-dealkylation sites (tertiary alicyclic amines) is 1. The zero-order valence-corrected chi connectivity index (χ0v) is 9.79. The number of nitrogens with zero attached hydrogens (tertiary/aromatic N) is 1. The zero-order chi connectivity index (χ0) is 11.1. The molecule has 0 unspecified atom stereocenters. The van der Waals surface area contributed by atoms with Gasteiger partial charge in [-0.25, -0.2) is 4.79 Å². The van der Waals surface area contributed by atoms with Crippen molar-refractivity contribution in [1.82, 2.24) is 4.90 Å². The molecular formula is C12H21NO2. The highest BCUT2D eigenvalue weighted by Crippen LogP contribution is 2.16. The van der Waals surface area contributed by atoms with Crippen molar-refractivity contribution >= 4 is 5.97 Å². The number of esters is 1. The molecule has 1 aliphatic rings. The summed E-state index contributed by atoms with van der Waals surface area (Å²) in [5, 5.41) is 0. The summed E-state index contributed by atoms with van der Waals surface area (Å²) in [6.07, 6.45) is 4.90. The Labute approximate surface area is 92.1 Å². The van der Waals surface area contributed by atoms with Crippen molar-refractivity contribution < 1.29 is 9.53 Å².